The number of hydrogen-bond acceptors (Lipinski definition) is 5. The first kappa shape index (κ1) is 11.9. The molecule has 0 aliphatic rings. The monoisotopic (exact) mass is 210 g/mol. The minimum atomic E-state index is -3.59. The molecule has 70 valence electrons. The van der Waals surface area contributed by atoms with Gasteiger partial charge in [-0.25, -0.2) is 9.19 Å². The van der Waals surface area contributed by atoms with Gasteiger partial charge >= 0.3 is 6.80 Å². The average molecular weight is 210 g/mol. The zero-order chi connectivity index (χ0) is 9.61. The molecule has 7 heteroatoms. The van der Waals surface area contributed by atoms with Crippen LogP contribution in [0.3, 0.4) is 0 Å². The fraction of sp³-hybridized carbons (Fsp3) is 0.800. The van der Waals surface area contributed by atoms with E-state index in [0.717, 1.165) is 11.4 Å². The van der Waals surface area contributed by atoms with Gasteiger partial charge in [0.05, 0.1) is 6.07 Å². The molecule has 1 unspecified atom stereocenters. The Hall–Kier alpha value is -0.0500. The maximum absolute atomic E-state index is 11.0. The van der Waals surface area contributed by atoms with Gasteiger partial charge in [0.2, 0.25) is 0 Å². The van der Waals surface area contributed by atoms with Crippen LogP contribution in [0.1, 0.15) is 6.42 Å². The number of hydroxylamine groups is 2. The molecule has 0 rings (SSSR count). The summed E-state index contributed by atoms with van der Waals surface area (Å²) in [6.45, 7) is -3.59. The summed E-state index contributed by atoms with van der Waals surface area (Å²) in [6, 6.07) is 1.87. The quantitative estimate of drug-likeness (QED) is 0.418. The molecule has 0 amide bonds. The molecule has 1 atom stereocenters. The van der Waals surface area contributed by atoms with Crippen molar-refractivity contribution in [3.05, 3.63) is 0 Å². The lowest BCUT2D eigenvalue weighted by molar-refractivity contribution is -0.00839. The largest absolute Gasteiger partial charge is 0.403 e. The molecule has 0 spiro atoms. The highest BCUT2D eigenvalue weighted by Crippen LogP contribution is 2.55. The molecule has 0 saturated carbocycles. The molecule has 0 aliphatic heterocycles. The second-order valence-electron chi connectivity index (χ2n) is 2.10. The van der Waals surface area contributed by atoms with Crippen LogP contribution in [0, 0.1) is 11.3 Å². The molecule has 0 saturated heterocycles. The van der Waals surface area contributed by atoms with Crippen LogP contribution in [-0.4, -0.2) is 29.8 Å². The molecule has 0 radical (unpaired) electrons. The van der Waals surface area contributed by atoms with Crippen molar-refractivity contribution in [2.75, 3.05) is 19.8 Å². The summed E-state index contributed by atoms with van der Waals surface area (Å²) in [5.41, 5.74) is 0. The molecule has 0 aromatic rings. The van der Waals surface area contributed by atoms with Crippen LogP contribution in [0.15, 0.2) is 0 Å². The molecular formula is C5H11N2O3PS. The third-order valence-electron chi connectivity index (χ3n) is 0.735. The highest BCUT2D eigenvalue weighted by atomic mass is 32.7. The summed E-state index contributed by atoms with van der Waals surface area (Å²) < 4.78 is 15.6. The van der Waals surface area contributed by atoms with E-state index in [4.69, 9.17) is 10.2 Å². The maximum Gasteiger partial charge on any atom is 0.403 e. The standard InChI is InChI=1S/C5H11N2O3PS/c1-7(2)10-11(8,9)12-5-3-4-6/h3,5H2,1-2H3,(H,8,9). The highest BCUT2D eigenvalue weighted by molar-refractivity contribution is 8.54. The Morgan fingerprint density at radius 2 is 2.33 bits per heavy atom. The molecular weight excluding hydrogens is 199 g/mol. The first-order valence-corrected chi connectivity index (χ1v) is 6.36. The van der Waals surface area contributed by atoms with Crippen LogP contribution in [0.5, 0.6) is 0 Å². The Labute approximate surface area is 75.5 Å². The fourth-order valence-electron chi connectivity index (χ4n) is 0.437. The van der Waals surface area contributed by atoms with Gasteiger partial charge in [0, 0.05) is 26.3 Å². The summed E-state index contributed by atoms with van der Waals surface area (Å²) >= 11 is 0.756. The van der Waals surface area contributed by atoms with Gasteiger partial charge in [-0.2, -0.15) is 10.3 Å². The van der Waals surface area contributed by atoms with Crippen molar-refractivity contribution in [2.45, 2.75) is 6.42 Å². The van der Waals surface area contributed by atoms with Crippen molar-refractivity contribution < 1.29 is 14.1 Å². The predicted octanol–water partition coefficient (Wildman–Crippen LogP) is 1.23. The van der Waals surface area contributed by atoms with Gasteiger partial charge in [-0.15, -0.1) is 0 Å². The normalized spacial score (nSPS) is 15.6. The first-order chi connectivity index (χ1) is 5.48. The first-order valence-electron chi connectivity index (χ1n) is 3.19. The average Bonchev–Trinajstić information content (AvgIpc) is 1.84. The van der Waals surface area contributed by atoms with E-state index in [1.165, 1.54) is 19.2 Å². The summed E-state index contributed by atoms with van der Waals surface area (Å²) in [6.07, 6.45) is 0.242. The van der Waals surface area contributed by atoms with Gasteiger partial charge in [0.15, 0.2) is 0 Å². The van der Waals surface area contributed by atoms with Crippen molar-refractivity contribution in [2.24, 2.45) is 0 Å². The van der Waals surface area contributed by atoms with Gasteiger partial charge in [-0.05, 0) is 11.4 Å². The van der Waals surface area contributed by atoms with Gasteiger partial charge in [0.1, 0.15) is 0 Å². The Morgan fingerprint density at radius 3 is 2.75 bits per heavy atom. The Bertz CT molecular complexity index is 215. The highest BCUT2D eigenvalue weighted by Gasteiger charge is 2.21. The second kappa shape index (κ2) is 5.57. The van der Waals surface area contributed by atoms with E-state index in [9.17, 15) is 4.57 Å². The molecule has 0 aliphatic carbocycles. The van der Waals surface area contributed by atoms with Crippen molar-refractivity contribution in [3.63, 3.8) is 0 Å². The van der Waals surface area contributed by atoms with Crippen LogP contribution in [0.2, 0.25) is 0 Å². The maximum atomic E-state index is 11.0. The lowest BCUT2D eigenvalue weighted by Gasteiger charge is -2.14. The number of nitrogens with zero attached hydrogens (tertiary/aromatic N) is 2. The second-order valence-corrected chi connectivity index (χ2v) is 6.03. The molecule has 5 nitrogen and oxygen atoms in total. The smallest absolute Gasteiger partial charge is 0.315 e. The topological polar surface area (TPSA) is 73.6 Å². The van der Waals surface area contributed by atoms with Crippen molar-refractivity contribution in [1.82, 2.24) is 5.06 Å². The van der Waals surface area contributed by atoms with Gasteiger partial charge in [-0.3, -0.25) is 0 Å². The summed E-state index contributed by atoms with van der Waals surface area (Å²) in [5, 5.41) is 9.33. The van der Waals surface area contributed by atoms with Crippen LogP contribution in [-0.2, 0) is 9.19 Å². The third-order valence-corrected chi connectivity index (χ3v) is 3.71. The van der Waals surface area contributed by atoms with Crippen molar-refractivity contribution in [1.29, 1.82) is 5.26 Å². The molecule has 0 aromatic heterocycles. The zero-order valence-corrected chi connectivity index (χ0v) is 8.64. The van der Waals surface area contributed by atoms with E-state index in [-0.39, 0.29) is 6.42 Å². The van der Waals surface area contributed by atoms with Gasteiger partial charge in [-0.1, -0.05) is 0 Å². The van der Waals surface area contributed by atoms with E-state index in [0.29, 0.717) is 5.75 Å². The van der Waals surface area contributed by atoms with E-state index in [1.54, 1.807) is 0 Å². The van der Waals surface area contributed by atoms with E-state index >= 15 is 0 Å². The lowest BCUT2D eigenvalue weighted by Crippen LogP contribution is -2.09. The third kappa shape index (κ3) is 6.65. The SMILES string of the molecule is CN(C)OP(=O)(O)SCCC#N. The Morgan fingerprint density at radius 1 is 1.75 bits per heavy atom. The van der Waals surface area contributed by atoms with E-state index in [2.05, 4.69) is 4.62 Å². The summed E-state index contributed by atoms with van der Waals surface area (Å²) in [5.74, 6) is 0.304. The van der Waals surface area contributed by atoms with Gasteiger partial charge in [0.25, 0.3) is 0 Å². The van der Waals surface area contributed by atoms with Crippen molar-refractivity contribution >= 4 is 18.2 Å². The number of rotatable bonds is 5. The molecule has 12 heavy (non-hydrogen) atoms. The summed E-state index contributed by atoms with van der Waals surface area (Å²) in [4.78, 5) is 9.06. The number of nitriles is 1. The molecule has 0 fully saturated rings. The van der Waals surface area contributed by atoms with Crippen LogP contribution >= 0.6 is 18.2 Å². The summed E-state index contributed by atoms with van der Waals surface area (Å²) in [7, 11) is 3.04. The Balaban J connectivity index is 3.74. The van der Waals surface area contributed by atoms with E-state index < -0.39 is 6.80 Å². The number of hydrogen-bond donors (Lipinski definition) is 1. The predicted molar refractivity (Wildman–Crippen MR) is 47.3 cm³/mol. The minimum absolute atomic E-state index is 0.242. The van der Waals surface area contributed by atoms with Gasteiger partial charge < -0.3 is 4.89 Å². The Kier molecular flexibility index (Phi) is 5.55. The van der Waals surface area contributed by atoms with E-state index in [1.807, 2.05) is 6.07 Å². The molecule has 0 heterocycles. The fourth-order valence-corrected chi connectivity index (χ4v) is 2.82. The lowest BCUT2D eigenvalue weighted by atomic mass is 10.6. The minimum Gasteiger partial charge on any atom is -0.315 e. The zero-order valence-electron chi connectivity index (χ0n) is 6.93. The van der Waals surface area contributed by atoms with Crippen LogP contribution < -0.4 is 0 Å². The van der Waals surface area contributed by atoms with Crippen LogP contribution in [0.4, 0.5) is 0 Å². The molecule has 0 bridgehead atoms. The molecule has 1 N–H and O–H groups in total. The van der Waals surface area contributed by atoms with Crippen molar-refractivity contribution in [3.8, 4) is 6.07 Å². The molecule has 0 aromatic carbocycles. The van der Waals surface area contributed by atoms with Crippen LogP contribution in [0.25, 0.3) is 0 Å².